The molecule has 1 N–H and O–H groups in total. The van der Waals surface area contributed by atoms with Gasteiger partial charge in [0.15, 0.2) is 8.32 Å². The normalized spacial score (nSPS) is 9.60. The van der Waals surface area contributed by atoms with E-state index in [0.717, 1.165) is 0 Å². The summed E-state index contributed by atoms with van der Waals surface area (Å²) in [6, 6.07) is 5.17. The molecule has 0 atom stereocenters. The minimum Gasteiger partial charge on any atom is -0.420 e. The molecule has 4 heteroatoms. The Balaban J connectivity index is -0.0000000408. The topological polar surface area (TPSA) is 21.3 Å². The summed E-state index contributed by atoms with van der Waals surface area (Å²) in [5.74, 6) is 0. The fourth-order valence-electron chi connectivity index (χ4n) is 1.14. The zero-order chi connectivity index (χ0) is 13.2. The van der Waals surface area contributed by atoms with Crippen LogP contribution >= 0.6 is 0 Å². The first-order valence-corrected chi connectivity index (χ1v) is 12.3. The summed E-state index contributed by atoms with van der Waals surface area (Å²) in [6.45, 7) is 13.6. The number of rotatable bonds is 6. The van der Waals surface area contributed by atoms with Crippen molar-refractivity contribution >= 4 is 16.6 Å². The molecule has 0 bridgehead atoms. The van der Waals surface area contributed by atoms with Crippen molar-refractivity contribution in [2.24, 2.45) is 0 Å². The Morgan fingerprint density at radius 2 is 1.05 bits per heavy atom. The summed E-state index contributed by atoms with van der Waals surface area (Å²) in [7, 11) is 1.82. The Morgan fingerprint density at radius 3 is 1.05 bits per heavy atom. The van der Waals surface area contributed by atoms with E-state index in [1.54, 1.807) is 0 Å². The lowest BCUT2D eigenvalue weighted by Crippen LogP contribution is -2.43. The number of nitrogens with one attached hydrogen (secondary N) is 1. The van der Waals surface area contributed by atoms with Crippen LogP contribution in [-0.2, 0) is 4.43 Å². The second kappa shape index (κ2) is 19.4. The molecule has 20 heavy (non-hydrogen) atoms. The molecule has 0 spiro atoms. The first-order valence-electron chi connectivity index (χ1n) is 6.61. The first-order chi connectivity index (χ1) is 7.36. The van der Waals surface area contributed by atoms with Crippen LogP contribution in [0.3, 0.4) is 0 Å². The summed E-state index contributed by atoms with van der Waals surface area (Å²) in [5.41, 5.74) is 0. The van der Waals surface area contributed by atoms with Crippen molar-refractivity contribution in [1.82, 2.24) is 4.98 Å². The summed E-state index contributed by atoms with van der Waals surface area (Å²) in [4.78, 5) is 3.42. The molecule has 0 amide bonds. The van der Waals surface area contributed by atoms with Gasteiger partial charge in [0.25, 0.3) is 0 Å². The van der Waals surface area contributed by atoms with E-state index in [2.05, 4.69) is 52.8 Å². The monoisotopic (exact) mass is 327 g/mol. The average Bonchev–Trinajstić information content (AvgIpc) is 2.37. The van der Waals surface area contributed by atoms with Crippen molar-refractivity contribution in [2.45, 2.75) is 94.7 Å². The average molecular weight is 328 g/mol. The summed E-state index contributed by atoms with van der Waals surface area (Å²) >= 11 is 0. The molecular weight excluding hydrogens is 278 g/mol. The summed E-state index contributed by atoms with van der Waals surface area (Å²) < 4.78 is 5.38. The minimum absolute atomic E-state index is 0. The highest BCUT2D eigenvalue weighted by Gasteiger charge is 2.21. The zero-order valence-corrected chi connectivity index (χ0v) is 14.7. The smallest absolute Gasteiger partial charge is 0.188 e. The third-order valence-electron chi connectivity index (χ3n) is 4.15. The van der Waals surface area contributed by atoms with Crippen molar-refractivity contribution in [2.75, 3.05) is 14.2 Å². The Bertz CT molecular complexity index is 124. The second-order valence-electron chi connectivity index (χ2n) is 4.88. The van der Waals surface area contributed by atoms with E-state index < -0.39 is 16.6 Å². The van der Waals surface area contributed by atoms with Gasteiger partial charge in [-0.25, -0.2) is 0 Å². The predicted molar refractivity (Wildman–Crippen MR) is 108 cm³/mol. The minimum atomic E-state index is -1.17. The van der Waals surface area contributed by atoms with Gasteiger partial charge in [-0.1, -0.05) is 63.9 Å². The molecule has 0 aliphatic heterocycles. The van der Waals surface area contributed by atoms with Gasteiger partial charge in [-0.15, -0.1) is 0 Å². The molecule has 0 saturated heterocycles. The molecule has 0 aliphatic carbocycles. The molecule has 0 rings (SSSR count). The second-order valence-corrected chi connectivity index (χ2v) is 14.6. The van der Waals surface area contributed by atoms with Gasteiger partial charge in [0.2, 0.25) is 0 Å². The lowest BCUT2D eigenvalue weighted by molar-refractivity contribution is 0.399. The highest BCUT2D eigenvalue weighted by atomic mass is 28.4. The van der Waals surface area contributed by atoms with Crippen LogP contribution < -0.4 is 4.98 Å². The number of hydrogen-bond donors (Lipinski definition) is 1. The molecule has 0 aromatic rings. The third-order valence-corrected chi connectivity index (χ3v) is 12.5. The maximum absolute atomic E-state index is 5.38. The summed E-state index contributed by atoms with van der Waals surface area (Å²) in [5, 5.41) is 0. The van der Waals surface area contributed by atoms with Crippen LogP contribution in [0.1, 0.15) is 57.4 Å². The van der Waals surface area contributed by atoms with Gasteiger partial charge in [0, 0.05) is 7.11 Å². The van der Waals surface area contributed by atoms with Crippen molar-refractivity contribution in [3.8, 4) is 0 Å². The van der Waals surface area contributed by atoms with Crippen LogP contribution in [0.25, 0.3) is 0 Å². The molecule has 0 saturated carbocycles. The van der Waals surface area contributed by atoms with E-state index in [0.29, 0.717) is 0 Å². The van der Waals surface area contributed by atoms with Crippen molar-refractivity contribution < 1.29 is 4.43 Å². The Morgan fingerprint density at radius 1 is 0.750 bits per heavy atom. The van der Waals surface area contributed by atoms with Gasteiger partial charge in [0.1, 0.15) is 8.24 Å². The fraction of sp³-hybridized carbons (Fsp3) is 1.00. The first kappa shape index (κ1) is 37.0. The van der Waals surface area contributed by atoms with E-state index in [9.17, 15) is 0 Å². The fourth-order valence-corrected chi connectivity index (χ4v) is 3.43. The van der Waals surface area contributed by atoms with Crippen LogP contribution in [0.4, 0.5) is 0 Å². The van der Waals surface area contributed by atoms with Gasteiger partial charge < -0.3 is 9.41 Å². The van der Waals surface area contributed by atoms with Gasteiger partial charge in [-0.2, -0.15) is 0 Å². The van der Waals surface area contributed by atoms with E-state index in [4.69, 9.17) is 4.43 Å². The van der Waals surface area contributed by atoms with Crippen molar-refractivity contribution in [3.63, 3.8) is 0 Å². The van der Waals surface area contributed by atoms with Gasteiger partial charge in [-0.3, -0.25) is 0 Å². The van der Waals surface area contributed by atoms with Crippen LogP contribution in [0.5, 0.6) is 0 Å². The Kier molecular flexibility index (Phi) is 35.8. The molecule has 0 aliphatic rings. The SMILES string of the molecule is C.C.C.C.CC[Si](C)(CC)NC.CC[Si](C)(CC)OC. The molecule has 0 heterocycles. The van der Waals surface area contributed by atoms with Crippen molar-refractivity contribution in [1.29, 1.82) is 0 Å². The largest absolute Gasteiger partial charge is 0.420 e. The zero-order valence-electron chi connectivity index (χ0n) is 12.7. The number of hydrogen-bond acceptors (Lipinski definition) is 2. The molecule has 0 radical (unpaired) electrons. The van der Waals surface area contributed by atoms with Crippen LogP contribution in [0.2, 0.25) is 37.3 Å². The van der Waals surface area contributed by atoms with Gasteiger partial charge >= 0.3 is 0 Å². The van der Waals surface area contributed by atoms with Crippen LogP contribution in [0, 0.1) is 0 Å². The highest BCUT2D eigenvalue weighted by Crippen LogP contribution is 2.13. The van der Waals surface area contributed by atoms with Crippen molar-refractivity contribution in [3.05, 3.63) is 0 Å². The molecule has 0 aromatic heterocycles. The quantitative estimate of drug-likeness (QED) is 0.554. The molecule has 0 aromatic carbocycles. The molecular formula is C16H49NOSi2. The summed E-state index contributed by atoms with van der Waals surface area (Å²) in [6.07, 6.45) is 0. The molecule has 0 fully saturated rings. The van der Waals surface area contributed by atoms with E-state index in [1.165, 1.54) is 24.2 Å². The van der Waals surface area contributed by atoms with E-state index in [1.807, 2.05) is 7.11 Å². The van der Waals surface area contributed by atoms with Crippen LogP contribution in [-0.4, -0.2) is 30.7 Å². The lowest BCUT2D eigenvalue weighted by atomic mass is 10.9. The Hall–Kier alpha value is 0.354. The Labute approximate surface area is 135 Å². The maximum atomic E-state index is 5.38. The van der Waals surface area contributed by atoms with E-state index >= 15 is 0 Å². The van der Waals surface area contributed by atoms with Gasteiger partial charge in [0.05, 0.1) is 0 Å². The predicted octanol–water partition coefficient (Wildman–Crippen LogP) is 6.61. The van der Waals surface area contributed by atoms with Crippen LogP contribution in [0.15, 0.2) is 0 Å². The molecule has 0 unspecified atom stereocenters. The van der Waals surface area contributed by atoms with E-state index in [-0.39, 0.29) is 29.7 Å². The third kappa shape index (κ3) is 16.4. The maximum Gasteiger partial charge on any atom is 0.188 e. The lowest BCUT2D eigenvalue weighted by Gasteiger charge is -2.22. The standard InChI is InChI=1S/C6H17NSi.C6H16OSi.4CH4/c2*1-5-8(4,6-2)7-3;;;;/h7H,5-6H2,1-4H3;5-6H2,1-4H3;4*1H4. The van der Waals surface area contributed by atoms with Gasteiger partial charge in [-0.05, 0) is 37.8 Å². The highest BCUT2D eigenvalue weighted by molar-refractivity contribution is 6.76. The molecule has 2 nitrogen and oxygen atoms in total. The molecule has 132 valence electrons.